The molecular formula is C25H27N3O4S. The summed E-state index contributed by atoms with van der Waals surface area (Å²) in [6.45, 7) is 1.79. The fraction of sp³-hybridized carbons (Fsp3) is 0.280. The molecule has 4 rings (SSSR count). The Morgan fingerprint density at radius 3 is 2.39 bits per heavy atom. The summed E-state index contributed by atoms with van der Waals surface area (Å²) >= 11 is 0. The number of amides is 1. The SMILES string of the molecule is O=C(NCc1ccc(S(=O)(=O)N2CCCCC2)cc1)c1ccnc(OCc2ccccc2)c1. The number of hydrogen-bond donors (Lipinski definition) is 1. The molecule has 1 fully saturated rings. The molecule has 172 valence electrons. The highest BCUT2D eigenvalue weighted by molar-refractivity contribution is 7.89. The monoisotopic (exact) mass is 465 g/mol. The minimum Gasteiger partial charge on any atom is -0.473 e. The molecule has 1 amide bonds. The first-order valence-electron chi connectivity index (χ1n) is 11.0. The number of hydrogen-bond acceptors (Lipinski definition) is 5. The first-order chi connectivity index (χ1) is 16.0. The molecule has 2 heterocycles. The summed E-state index contributed by atoms with van der Waals surface area (Å²) in [6, 6.07) is 19.6. The van der Waals surface area contributed by atoms with Crippen molar-refractivity contribution in [2.24, 2.45) is 0 Å². The van der Waals surface area contributed by atoms with Crippen LogP contribution in [0, 0.1) is 0 Å². The number of carbonyl (C=O) groups excluding carboxylic acids is 1. The van der Waals surface area contributed by atoms with Crippen molar-refractivity contribution in [3.63, 3.8) is 0 Å². The average molecular weight is 466 g/mol. The molecule has 33 heavy (non-hydrogen) atoms. The van der Waals surface area contributed by atoms with Crippen molar-refractivity contribution >= 4 is 15.9 Å². The van der Waals surface area contributed by atoms with Gasteiger partial charge in [0.05, 0.1) is 4.90 Å². The van der Waals surface area contributed by atoms with Gasteiger partial charge in [-0.1, -0.05) is 48.9 Å². The van der Waals surface area contributed by atoms with Crippen molar-refractivity contribution < 1.29 is 17.9 Å². The Kier molecular flexibility index (Phi) is 7.36. The molecule has 0 bridgehead atoms. The van der Waals surface area contributed by atoms with Crippen molar-refractivity contribution in [1.82, 2.24) is 14.6 Å². The van der Waals surface area contributed by atoms with Crippen LogP contribution in [0.4, 0.5) is 0 Å². The van der Waals surface area contributed by atoms with Gasteiger partial charge in [-0.05, 0) is 42.2 Å². The van der Waals surface area contributed by atoms with Gasteiger partial charge in [0.1, 0.15) is 6.61 Å². The lowest BCUT2D eigenvalue weighted by Gasteiger charge is -2.25. The quantitative estimate of drug-likeness (QED) is 0.547. The summed E-state index contributed by atoms with van der Waals surface area (Å²) in [5.74, 6) is 0.116. The van der Waals surface area contributed by atoms with E-state index in [-0.39, 0.29) is 17.3 Å². The van der Waals surface area contributed by atoms with Gasteiger partial charge in [-0.2, -0.15) is 4.31 Å². The molecule has 1 N–H and O–H groups in total. The maximum Gasteiger partial charge on any atom is 0.251 e. The molecule has 0 spiro atoms. The maximum absolute atomic E-state index is 12.8. The molecule has 0 saturated carbocycles. The van der Waals surface area contributed by atoms with E-state index in [9.17, 15) is 13.2 Å². The van der Waals surface area contributed by atoms with Crippen LogP contribution in [0.25, 0.3) is 0 Å². The Bertz CT molecular complexity index is 1180. The number of aromatic nitrogens is 1. The first kappa shape index (κ1) is 22.9. The van der Waals surface area contributed by atoms with Crippen molar-refractivity contribution in [3.8, 4) is 5.88 Å². The molecule has 1 aliphatic heterocycles. The number of sulfonamides is 1. The van der Waals surface area contributed by atoms with Crippen molar-refractivity contribution in [2.75, 3.05) is 13.1 Å². The lowest BCUT2D eigenvalue weighted by Crippen LogP contribution is -2.35. The van der Waals surface area contributed by atoms with Crippen LogP contribution in [0.15, 0.2) is 77.8 Å². The van der Waals surface area contributed by atoms with Crippen LogP contribution in [0.2, 0.25) is 0 Å². The van der Waals surface area contributed by atoms with Crippen LogP contribution in [0.5, 0.6) is 5.88 Å². The molecule has 0 unspecified atom stereocenters. The Balaban J connectivity index is 1.33. The smallest absolute Gasteiger partial charge is 0.251 e. The zero-order valence-corrected chi connectivity index (χ0v) is 19.1. The van der Waals surface area contributed by atoms with Gasteiger partial charge in [-0.15, -0.1) is 0 Å². The van der Waals surface area contributed by atoms with E-state index in [1.54, 1.807) is 40.7 Å². The minimum absolute atomic E-state index is 0.257. The van der Waals surface area contributed by atoms with E-state index in [1.807, 2.05) is 30.3 Å². The molecule has 8 heteroatoms. The lowest BCUT2D eigenvalue weighted by atomic mass is 10.2. The van der Waals surface area contributed by atoms with E-state index in [4.69, 9.17) is 4.74 Å². The second kappa shape index (κ2) is 10.6. The zero-order chi connectivity index (χ0) is 23.1. The van der Waals surface area contributed by atoms with Gasteiger partial charge in [-0.25, -0.2) is 13.4 Å². The Labute approximate surface area is 194 Å². The summed E-state index contributed by atoms with van der Waals surface area (Å²) in [4.78, 5) is 17.0. The number of carbonyl (C=O) groups is 1. The number of pyridine rings is 1. The lowest BCUT2D eigenvalue weighted by molar-refractivity contribution is 0.0950. The number of nitrogens with one attached hydrogen (secondary N) is 1. The number of piperidine rings is 1. The molecule has 0 aliphatic carbocycles. The normalized spacial score (nSPS) is 14.5. The highest BCUT2D eigenvalue weighted by Crippen LogP contribution is 2.21. The van der Waals surface area contributed by atoms with Crippen molar-refractivity contribution in [2.45, 2.75) is 37.3 Å². The van der Waals surface area contributed by atoms with Crippen LogP contribution in [-0.4, -0.2) is 36.7 Å². The molecule has 7 nitrogen and oxygen atoms in total. The summed E-state index contributed by atoms with van der Waals surface area (Å²) in [6.07, 6.45) is 4.41. The molecule has 2 aromatic carbocycles. The second-order valence-corrected chi connectivity index (χ2v) is 9.89. The third-order valence-electron chi connectivity index (χ3n) is 5.56. The van der Waals surface area contributed by atoms with E-state index in [0.717, 1.165) is 30.4 Å². The predicted molar refractivity (Wildman–Crippen MR) is 125 cm³/mol. The third-order valence-corrected chi connectivity index (χ3v) is 7.47. The highest BCUT2D eigenvalue weighted by Gasteiger charge is 2.25. The van der Waals surface area contributed by atoms with Crippen LogP contribution in [0.3, 0.4) is 0 Å². The molecule has 0 atom stereocenters. The third kappa shape index (κ3) is 5.97. The van der Waals surface area contributed by atoms with Gasteiger partial charge in [0.15, 0.2) is 0 Å². The molecular weight excluding hydrogens is 438 g/mol. The average Bonchev–Trinajstić information content (AvgIpc) is 2.87. The molecule has 1 saturated heterocycles. The summed E-state index contributed by atoms with van der Waals surface area (Å²) in [7, 11) is -3.46. The molecule has 0 radical (unpaired) electrons. The van der Waals surface area contributed by atoms with E-state index in [0.29, 0.717) is 31.1 Å². The van der Waals surface area contributed by atoms with Crippen LogP contribution < -0.4 is 10.1 Å². The molecule has 1 aromatic heterocycles. The van der Waals surface area contributed by atoms with Gasteiger partial charge in [0.2, 0.25) is 15.9 Å². The molecule has 3 aromatic rings. The number of ether oxygens (including phenoxy) is 1. The van der Waals surface area contributed by atoms with Crippen LogP contribution >= 0.6 is 0 Å². The van der Waals surface area contributed by atoms with E-state index in [1.165, 1.54) is 6.20 Å². The fourth-order valence-corrected chi connectivity index (χ4v) is 5.20. The maximum atomic E-state index is 12.8. The standard InChI is InChI=1S/C25H27N3O4S/c29-25(22-13-14-26-24(17-22)32-19-21-7-3-1-4-8-21)27-18-20-9-11-23(12-10-20)33(30,31)28-15-5-2-6-16-28/h1,3-4,7-14,17H,2,5-6,15-16,18-19H2,(H,27,29). The number of benzene rings is 2. The largest absolute Gasteiger partial charge is 0.473 e. The molecule has 1 aliphatic rings. The fourth-order valence-electron chi connectivity index (χ4n) is 3.68. The van der Waals surface area contributed by atoms with Gasteiger partial charge in [-0.3, -0.25) is 4.79 Å². The van der Waals surface area contributed by atoms with Gasteiger partial charge >= 0.3 is 0 Å². The number of nitrogens with zero attached hydrogens (tertiary/aromatic N) is 2. The first-order valence-corrected chi connectivity index (χ1v) is 12.5. The van der Waals surface area contributed by atoms with Gasteiger partial charge in [0.25, 0.3) is 5.91 Å². The number of rotatable bonds is 8. The van der Waals surface area contributed by atoms with Crippen LogP contribution in [0.1, 0.15) is 40.7 Å². The Morgan fingerprint density at radius 2 is 1.67 bits per heavy atom. The van der Waals surface area contributed by atoms with Crippen molar-refractivity contribution in [1.29, 1.82) is 0 Å². The zero-order valence-electron chi connectivity index (χ0n) is 18.3. The van der Waals surface area contributed by atoms with E-state index in [2.05, 4.69) is 10.3 Å². The topological polar surface area (TPSA) is 88.6 Å². The Morgan fingerprint density at radius 1 is 0.939 bits per heavy atom. The Hall–Kier alpha value is -3.23. The van der Waals surface area contributed by atoms with Crippen LogP contribution in [-0.2, 0) is 23.2 Å². The van der Waals surface area contributed by atoms with E-state index < -0.39 is 10.0 Å². The van der Waals surface area contributed by atoms with Gasteiger partial charge < -0.3 is 10.1 Å². The van der Waals surface area contributed by atoms with Gasteiger partial charge in [0, 0.05) is 37.5 Å². The second-order valence-electron chi connectivity index (χ2n) is 7.95. The summed E-state index contributed by atoms with van der Waals surface area (Å²) < 4.78 is 32.8. The summed E-state index contributed by atoms with van der Waals surface area (Å²) in [5.41, 5.74) is 2.27. The summed E-state index contributed by atoms with van der Waals surface area (Å²) in [5, 5.41) is 2.86. The predicted octanol–water partition coefficient (Wildman–Crippen LogP) is 3.77. The van der Waals surface area contributed by atoms with Crippen molar-refractivity contribution in [3.05, 3.63) is 89.6 Å². The minimum atomic E-state index is -3.46. The van der Waals surface area contributed by atoms with E-state index >= 15 is 0 Å². The highest BCUT2D eigenvalue weighted by atomic mass is 32.2.